The number of aromatic nitrogens is 2. The van der Waals surface area contributed by atoms with Crippen LogP contribution in [-0.4, -0.2) is 15.7 Å². The molecular weight excluding hydrogens is 418 g/mol. The van der Waals surface area contributed by atoms with Gasteiger partial charge in [-0.15, -0.1) is 0 Å². The van der Waals surface area contributed by atoms with E-state index < -0.39 is 0 Å². The van der Waals surface area contributed by atoms with Gasteiger partial charge in [-0.3, -0.25) is 4.99 Å². The molecule has 0 fully saturated rings. The van der Waals surface area contributed by atoms with Gasteiger partial charge >= 0.3 is 0 Å². The largest absolute Gasteiger partial charge is 0.461 e. The molecule has 0 aliphatic heterocycles. The fourth-order valence-corrected chi connectivity index (χ4v) is 4.15. The predicted molar refractivity (Wildman–Crippen MR) is 141 cm³/mol. The minimum atomic E-state index is 0.676. The molecule has 4 nitrogen and oxygen atoms in total. The van der Waals surface area contributed by atoms with Crippen molar-refractivity contribution in [2.75, 3.05) is 0 Å². The van der Waals surface area contributed by atoms with Crippen molar-refractivity contribution < 1.29 is 4.74 Å². The van der Waals surface area contributed by atoms with Crippen molar-refractivity contribution in [1.82, 2.24) is 9.97 Å². The number of fused-ring (bicyclic) bond motifs is 1. The smallest absolute Gasteiger partial charge is 0.138 e. The second-order valence-corrected chi connectivity index (χ2v) is 8.83. The lowest BCUT2D eigenvalue weighted by Gasteiger charge is -2.11. The number of rotatable bonds is 5. The molecule has 1 aromatic carbocycles. The van der Waals surface area contributed by atoms with Gasteiger partial charge in [-0.1, -0.05) is 54.7 Å². The molecule has 34 heavy (non-hydrogen) atoms. The Bertz CT molecular complexity index is 1450. The van der Waals surface area contributed by atoms with Crippen molar-refractivity contribution in [3.05, 3.63) is 106 Å². The number of imidazole rings is 1. The van der Waals surface area contributed by atoms with Crippen LogP contribution in [0.5, 0.6) is 5.75 Å². The Hall–Kier alpha value is -3.92. The lowest BCUT2D eigenvalue weighted by molar-refractivity contribution is 0.419. The van der Waals surface area contributed by atoms with Gasteiger partial charge in [-0.25, -0.2) is 4.98 Å². The Morgan fingerprint density at radius 2 is 1.97 bits per heavy atom. The Kier molecular flexibility index (Phi) is 6.13. The number of hydrogen-bond donors (Lipinski definition) is 1. The lowest BCUT2D eigenvalue weighted by atomic mass is 10.0. The van der Waals surface area contributed by atoms with Crippen LogP contribution < -0.4 is 15.4 Å². The summed E-state index contributed by atoms with van der Waals surface area (Å²) in [7, 11) is 0. The van der Waals surface area contributed by atoms with E-state index in [1.165, 1.54) is 0 Å². The van der Waals surface area contributed by atoms with E-state index in [2.05, 4.69) is 67.1 Å². The van der Waals surface area contributed by atoms with Crippen LogP contribution in [0.3, 0.4) is 0 Å². The van der Waals surface area contributed by atoms with Crippen LogP contribution in [0.25, 0.3) is 17.7 Å². The Labute approximate surface area is 200 Å². The maximum atomic E-state index is 6.24. The highest BCUT2D eigenvalue weighted by molar-refractivity contribution is 6.02. The molecule has 1 N–H and O–H groups in total. The molecule has 3 aliphatic carbocycles. The highest BCUT2D eigenvalue weighted by atomic mass is 16.5. The maximum absolute atomic E-state index is 6.24. The first-order valence-electron chi connectivity index (χ1n) is 11.8. The minimum absolute atomic E-state index is 0.676. The summed E-state index contributed by atoms with van der Waals surface area (Å²) in [5.74, 6) is 2.58. The number of hydrogen-bond acceptors (Lipinski definition) is 3. The van der Waals surface area contributed by atoms with Gasteiger partial charge in [0.2, 0.25) is 0 Å². The first-order valence-corrected chi connectivity index (χ1v) is 11.8. The van der Waals surface area contributed by atoms with Crippen LogP contribution in [-0.2, 0) is 0 Å². The number of nitrogens with one attached hydrogen (secondary N) is 1. The molecule has 0 atom stereocenters. The highest BCUT2D eigenvalue weighted by Gasteiger charge is 2.10. The van der Waals surface area contributed by atoms with E-state index in [4.69, 9.17) is 14.7 Å². The first-order chi connectivity index (χ1) is 16.5. The summed E-state index contributed by atoms with van der Waals surface area (Å²) in [6.07, 6.45) is 22.8. The second-order valence-electron chi connectivity index (χ2n) is 8.83. The van der Waals surface area contributed by atoms with Gasteiger partial charge < -0.3 is 9.72 Å². The van der Waals surface area contributed by atoms with Crippen LogP contribution in [0.4, 0.5) is 5.69 Å². The van der Waals surface area contributed by atoms with Crippen molar-refractivity contribution in [1.29, 1.82) is 0 Å². The SMILES string of the molecule is C=C1C=CC(C(C)=Nc2cc(OC3=CC=c4[nH]c(C5=CCCC=C5)nc4=CC3)ccc2C)=CC1. The van der Waals surface area contributed by atoms with E-state index in [1.807, 2.05) is 31.2 Å². The standard InChI is InChI=1S/C30H29N3O/c1-20-9-12-23(13-10-20)22(3)31-29-19-26(14-11-21(29)2)34-25-15-17-27-28(18-16-25)33-30(32-27)24-7-5-4-6-8-24/h5,7-9,11-15,17-19H,1,4,6,10,16H2,2-3H3,(H,32,33). The molecule has 0 bridgehead atoms. The third-order valence-electron chi connectivity index (χ3n) is 6.18. The van der Waals surface area contributed by atoms with E-state index in [-0.39, 0.29) is 0 Å². The van der Waals surface area contributed by atoms with Gasteiger partial charge in [0.05, 0.1) is 16.4 Å². The summed E-state index contributed by atoms with van der Waals surface area (Å²) in [4.78, 5) is 13.1. The summed E-state index contributed by atoms with van der Waals surface area (Å²) in [6, 6.07) is 6.06. The molecule has 0 amide bonds. The van der Waals surface area contributed by atoms with Crippen LogP contribution in [0.2, 0.25) is 0 Å². The van der Waals surface area contributed by atoms with Gasteiger partial charge in [-0.2, -0.15) is 0 Å². The Morgan fingerprint density at radius 3 is 2.76 bits per heavy atom. The molecule has 0 radical (unpaired) electrons. The summed E-state index contributed by atoms with van der Waals surface area (Å²) in [5.41, 5.74) is 6.44. The molecule has 2 aromatic rings. The molecule has 170 valence electrons. The second kappa shape index (κ2) is 9.52. The molecule has 1 heterocycles. The zero-order chi connectivity index (χ0) is 23.5. The fourth-order valence-electron chi connectivity index (χ4n) is 4.15. The summed E-state index contributed by atoms with van der Waals surface area (Å²) in [6.45, 7) is 8.12. The van der Waals surface area contributed by atoms with Gasteiger partial charge in [0.1, 0.15) is 17.3 Å². The minimum Gasteiger partial charge on any atom is -0.461 e. The quantitative estimate of drug-likeness (QED) is 0.579. The average Bonchev–Trinajstić information content (AvgIpc) is 3.18. The topological polar surface area (TPSA) is 50.3 Å². The molecule has 0 spiro atoms. The van der Waals surface area contributed by atoms with Crippen molar-refractivity contribution in [2.24, 2.45) is 4.99 Å². The number of benzene rings is 1. The van der Waals surface area contributed by atoms with Crippen LogP contribution in [0.15, 0.2) is 89.2 Å². The average molecular weight is 448 g/mol. The molecule has 1 aromatic heterocycles. The number of ether oxygens (including phenoxy) is 1. The van der Waals surface area contributed by atoms with Gasteiger partial charge in [0, 0.05) is 23.8 Å². The molecule has 5 rings (SSSR count). The van der Waals surface area contributed by atoms with Gasteiger partial charge in [0.25, 0.3) is 0 Å². The first kappa shape index (κ1) is 21.9. The molecule has 0 unspecified atom stereocenters. The molecular formula is C30H29N3O. The number of H-pyrrole nitrogens is 1. The monoisotopic (exact) mass is 447 g/mol. The summed E-state index contributed by atoms with van der Waals surface area (Å²) in [5, 5.41) is 1.97. The van der Waals surface area contributed by atoms with Gasteiger partial charge in [0.15, 0.2) is 0 Å². The zero-order valence-electron chi connectivity index (χ0n) is 19.8. The molecule has 0 saturated carbocycles. The third-order valence-corrected chi connectivity index (χ3v) is 6.18. The maximum Gasteiger partial charge on any atom is 0.138 e. The molecule has 4 heteroatoms. The van der Waals surface area contributed by atoms with Crippen molar-refractivity contribution in [3.8, 4) is 5.75 Å². The fraction of sp³-hybridized carbons (Fsp3) is 0.200. The van der Waals surface area contributed by atoms with E-state index in [1.54, 1.807) is 0 Å². The summed E-state index contributed by atoms with van der Waals surface area (Å²) < 4.78 is 6.24. The number of nitrogens with zero attached hydrogens (tertiary/aromatic N) is 2. The number of aliphatic imine (C=N–C) groups is 1. The van der Waals surface area contributed by atoms with E-state index in [9.17, 15) is 0 Å². The number of allylic oxidation sites excluding steroid dienone is 11. The number of aryl methyl sites for hydroxylation is 1. The lowest BCUT2D eigenvalue weighted by Crippen LogP contribution is -2.23. The van der Waals surface area contributed by atoms with E-state index >= 15 is 0 Å². The number of aromatic amines is 1. The Balaban J connectivity index is 1.35. The summed E-state index contributed by atoms with van der Waals surface area (Å²) >= 11 is 0. The van der Waals surface area contributed by atoms with E-state index in [0.717, 1.165) is 81.0 Å². The molecule has 3 aliphatic rings. The normalized spacial score (nSPS) is 17.6. The third kappa shape index (κ3) is 4.86. The van der Waals surface area contributed by atoms with Crippen LogP contribution >= 0.6 is 0 Å². The Morgan fingerprint density at radius 1 is 1.06 bits per heavy atom. The van der Waals surface area contributed by atoms with Crippen molar-refractivity contribution >= 4 is 29.1 Å². The van der Waals surface area contributed by atoms with Gasteiger partial charge in [-0.05, 0) is 68.5 Å². The van der Waals surface area contributed by atoms with Crippen molar-refractivity contribution in [2.45, 2.75) is 39.5 Å². The van der Waals surface area contributed by atoms with Crippen molar-refractivity contribution in [3.63, 3.8) is 0 Å². The highest BCUT2D eigenvalue weighted by Crippen LogP contribution is 2.28. The molecule has 0 saturated heterocycles. The van der Waals surface area contributed by atoms with Crippen LogP contribution in [0, 0.1) is 6.92 Å². The zero-order valence-corrected chi connectivity index (χ0v) is 19.8. The van der Waals surface area contributed by atoms with Crippen LogP contribution in [0.1, 0.15) is 44.0 Å². The van der Waals surface area contributed by atoms with E-state index in [0.29, 0.717) is 6.42 Å². The predicted octanol–water partition coefficient (Wildman–Crippen LogP) is 5.91.